The van der Waals surface area contributed by atoms with Crippen LogP contribution in [0.25, 0.3) is 0 Å². The maximum absolute atomic E-state index is 13.0. The lowest BCUT2D eigenvalue weighted by Crippen LogP contribution is -2.29. The lowest BCUT2D eigenvalue weighted by Gasteiger charge is -2.28. The molecular formula is C26H21O4P. The lowest BCUT2D eigenvalue weighted by atomic mass is 10.3. The summed E-state index contributed by atoms with van der Waals surface area (Å²) in [6.07, 6.45) is 1.41. The van der Waals surface area contributed by atoms with Gasteiger partial charge in [0, 0.05) is 5.80 Å². The Bertz CT molecular complexity index is 1090. The van der Waals surface area contributed by atoms with E-state index in [9.17, 15) is 9.59 Å². The first-order valence-electron chi connectivity index (χ1n) is 9.85. The number of carbonyl (C=O) groups excluding carboxylic acids is 2. The molecular weight excluding hydrogens is 407 g/mol. The van der Waals surface area contributed by atoms with Crippen LogP contribution in [0.3, 0.4) is 0 Å². The molecule has 0 atom stereocenters. The Labute approximate surface area is 181 Å². The molecule has 0 N–H and O–H groups in total. The average molecular weight is 428 g/mol. The van der Waals surface area contributed by atoms with Crippen molar-refractivity contribution in [3.05, 3.63) is 115 Å². The summed E-state index contributed by atoms with van der Waals surface area (Å²) in [6.45, 7) is -2.84. The highest BCUT2D eigenvalue weighted by Crippen LogP contribution is 2.43. The van der Waals surface area contributed by atoms with Gasteiger partial charge in [-0.1, -0.05) is 91.0 Å². The first kappa shape index (κ1) is 20.6. The molecule has 0 saturated heterocycles. The number of benzene rings is 3. The summed E-state index contributed by atoms with van der Waals surface area (Å²) in [4.78, 5) is 25.2. The fourth-order valence-corrected chi connectivity index (χ4v) is 7.16. The van der Waals surface area contributed by atoms with Gasteiger partial charge in [-0.25, -0.2) is 4.79 Å². The smallest absolute Gasteiger partial charge is 0.332 e. The number of carbonyl (C=O) groups is 2. The molecule has 3 aromatic carbocycles. The monoisotopic (exact) mass is 428 g/mol. The molecule has 0 amide bonds. The molecule has 0 spiro atoms. The first-order valence-corrected chi connectivity index (χ1v) is 11.7. The normalized spacial score (nSPS) is 11.0. The highest BCUT2D eigenvalue weighted by Gasteiger charge is 2.27. The van der Waals surface area contributed by atoms with Crippen LogP contribution in [0.5, 0.6) is 0 Å². The second-order valence-corrected chi connectivity index (χ2v) is 10.1. The number of rotatable bonds is 7. The van der Waals surface area contributed by atoms with Gasteiger partial charge in [0.15, 0.2) is 12.4 Å². The second kappa shape index (κ2) is 9.46. The summed E-state index contributed by atoms with van der Waals surface area (Å²) < 4.78 is 10.5. The molecule has 0 unspecified atom stereocenters. The number of ether oxygens (including phenoxy) is 1. The van der Waals surface area contributed by atoms with Crippen molar-refractivity contribution >= 4 is 40.3 Å². The van der Waals surface area contributed by atoms with E-state index in [0.717, 1.165) is 15.9 Å². The Hall–Kier alpha value is -3.62. The van der Waals surface area contributed by atoms with Crippen LogP contribution >= 0.6 is 6.89 Å². The number of ketones is 1. The van der Waals surface area contributed by atoms with Crippen molar-refractivity contribution in [1.29, 1.82) is 0 Å². The molecule has 0 aliphatic heterocycles. The molecule has 154 valence electrons. The van der Waals surface area contributed by atoms with Crippen LogP contribution in [0.1, 0.15) is 10.6 Å². The molecule has 0 aliphatic carbocycles. The predicted octanol–water partition coefficient (Wildman–Crippen LogP) is 3.80. The summed E-state index contributed by atoms with van der Waals surface area (Å²) in [5.41, 5.74) is 0. The first-order chi connectivity index (χ1) is 15.2. The maximum Gasteiger partial charge on any atom is 0.332 e. The van der Waals surface area contributed by atoms with Crippen molar-refractivity contribution in [2.75, 3.05) is 6.61 Å². The topological polar surface area (TPSA) is 56.5 Å². The SMILES string of the molecule is O=C(C=P(c1ccccc1)(c1ccccc1)c1ccccc1)OCC(=O)c1ccco1. The third-order valence-electron chi connectivity index (χ3n) is 4.93. The van der Waals surface area contributed by atoms with Gasteiger partial charge in [0.1, 0.15) is 0 Å². The third kappa shape index (κ3) is 4.45. The average Bonchev–Trinajstić information content (AvgIpc) is 3.38. The van der Waals surface area contributed by atoms with Crippen LogP contribution in [-0.4, -0.2) is 24.2 Å². The minimum Gasteiger partial charge on any atom is -0.461 e. The summed E-state index contributed by atoms with van der Waals surface area (Å²) in [6, 6.07) is 33.0. The van der Waals surface area contributed by atoms with E-state index in [0.29, 0.717) is 0 Å². The number of furan rings is 1. The Morgan fingerprint density at radius 3 is 1.61 bits per heavy atom. The van der Waals surface area contributed by atoms with Crippen molar-refractivity contribution < 1.29 is 18.7 Å². The quantitative estimate of drug-likeness (QED) is 0.255. The number of Topliss-reactive ketones (excluding diaryl/α,β-unsaturated/α-hetero) is 1. The summed E-state index contributed by atoms with van der Waals surface area (Å²) in [5, 5.41) is 3.09. The standard InChI is InChI=1S/C26H21O4P/c27-24(25-17-10-18-29-25)19-30-26(28)20-31(21-11-4-1-5-12-21,22-13-6-2-7-14-22)23-15-8-3-9-16-23/h1-18,20H,19H2. The van der Waals surface area contributed by atoms with Crippen LogP contribution in [0.2, 0.25) is 0 Å². The molecule has 31 heavy (non-hydrogen) atoms. The molecule has 0 bridgehead atoms. The third-order valence-corrected chi connectivity index (χ3v) is 8.87. The molecule has 0 aliphatic rings. The zero-order valence-electron chi connectivity index (χ0n) is 16.8. The van der Waals surface area contributed by atoms with E-state index >= 15 is 0 Å². The van der Waals surface area contributed by atoms with Crippen LogP contribution in [-0.2, 0) is 9.53 Å². The minimum absolute atomic E-state index is 0.169. The lowest BCUT2D eigenvalue weighted by molar-refractivity contribution is -0.133. The van der Waals surface area contributed by atoms with Gasteiger partial charge < -0.3 is 9.15 Å². The molecule has 1 aromatic heterocycles. The van der Waals surface area contributed by atoms with E-state index in [1.807, 2.05) is 91.0 Å². The Kier molecular flexibility index (Phi) is 6.30. The predicted molar refractivity (Wildman–Crippen MR) is 125 cm³/mol. The van der Waals surface area contributed by atoms with Gasteiger partial charge in [-0.05, 0) is 34.9 Å². The van der Waals surface area contributed by atoms with Crippen molar-refractivity contribution in [2.24, 2.45) is 0 Å². The molecule has 4 rings (SSSR count). The largest absolute Gasteiger partial charge is 0.461 e. The van der Waals surface area contributed by atoms with Crippen molar-refractivity contribution in [3.63, 3.8) is 0 Å². The fourth-order valence-electron chi connectivity index (χ4n) is 3.50. The summed E-state index contributed by atoms with van der Waals surface area (Å²) >= 11 is 0. The van der Waals surface area contributed by atoms with E-state index < -0.39 is 12.9 Å². The second-order valence-electron chi connectivity index (χ2n) is 6.87. The Morgan fingerprint density at radius 1 is 0.710 bits per heavy atom. The highest BCUT2D eigenvalue weighted by molar-refractivity contribution is 7.95. The van der Waals surface area contributed by atoms with Gasteiger partial charge in [0.25, 0.3) is 0 Å². The van der Waals surface area contributed by atoms with Crippen LogP contribution in [0.4, 0.5) is 0 Å². The van der Waals surface area contributed by atoms with Gasteiger partial charge in [0.2, 0.25) is 5.78 Å². The van der Waals surface area contributed by atoms with Crippen molar-refractivity contribution in [1.82, 2.24) is 0 Å². The van der Waals surface area contributed by atoms with Crippen LogP contribution in [0.15, 0.2) is 114 Å². The maximum atomic E-state index is 13.0. The van der Waals surface area contributed by atoms with Gasteiger partial charge >= 0.3 is 5.97 Å². The molecule has 0 saturated carbocycles. The number of hydrogen-bond donors (Lipinski definition) is 0. The zero-order valence-corrected chi connectivity index (χ0v) is 17.7. The van der Waals surface area contributed by atoms with E-state index in [2.05, 4.69) is 0 Å². The van der Waals surface area contributed by atoms with E-state index in [1.54, 1.807) is 17.9 Å². The zero-order chi connectivity index (χ0) is 21.5. The van der Waals surface area contributed by atoms with Crippen LogP contribution in [0, 0.1) is 0 Å². The van der Waals surface area contributed by atoms with Gasteiger partial charge in [-0.3, -0.25) is 4.79 Å². The molecule has 5 heteroatoms. The van der Waals surface area contributed by atoms with Crippen LogP contribution < -0.4 is 15.9 Å². The van der Waals surface area contributed by atoms with Gasteiger partial charge in [-0.15, -0.1) is 0 Å². The van der Waals surface area contributed by atoms with Gasteiger partial charge in [0.05, 0.1) is 6.26 Å². The van der Waals surface area contributed by atoms with E-state index in [4.69, 9.17) is 9.15 Å². The number of esters is 1. The van der Waals surface area contributed by atoms with Gasteiger partial charge in [-0.2, -0.15) is 0 Å². The molecule has 0 fully saturated rings. The summed E-state index contributed by atoms with van der Waals surface area (Å²) in [7, 11) is 0. The molecule has 1 heterocycles. The molecule has 0 radical (unpaired) electrons. The Morgan fingerprint density at radius 2 is 1.19 bits per heavy atom. The molecule has 4 nitrogen and oxygen atoms in total. The Balaban J connectivity index is 1.81. The molecule has 4 aromatic rings. The minimum atomic E-state index is -2.46. The van der Waals surface area contributed by atoms with Crippen molar-refractivity contribution in [2.45, 2.75) is 0 Å². The van der Waals surface area contributed by atoms with E-state index in [1.165, 1.54) is 6.26 Å². The van der Waals surface area contributed by atoms with Crippen molar-refractivity contribution in [3.8, 4) is 0 Å². The summed E-state index contributed by atoms with van der Waals surface area (Å²) in [5.74, 6) is 0.908. The van der Waals surface area contributed by atoms with E-state index in [-0.39, 0.29) is 18.2 Å². The highest BCUT2D eigenvalue weighted by atomic mass is 31.2. The number of hydrogen-bond acceptors (Lipinski definition) is 4. The fraction of sp³-hybridized carbons (Fsp3) is 0.0385.